The maximum absolute atomic E-state index is 6.54. The van der Waals surface area contributed by atoms with Crippen molar-refractivity contribution in [3.8, 4) is 11.5 Å². The van der Waals surface area contributed by atoms with Crippen LogP contribution in [-0.4, -0.2) is 65.4 Å². The van der Waals surface area contributed by atoms with Crippen LogP contribution in [-0.2, 0) is 20.8 Å². The monoisotopic (exact) mass is 498 g/mol. The summed E-state index contributed by atoms with van der Waals surface area (Å²) >= 11 is 0. The highest BCUT2D eigenvalue weighted by atomic mass is 16.5. The number of rotatable bonds is 12. The van der Waals surface area contributed by atoms with Crippen LogP contribution in [0.5, 0.6) is 11.5 Å². The molecule has 1 saturated heterocycles. The van der Waals surface area contributed by atoms with Gasteiger partial charge in [-0.3, -0.25) is 0 Å². The largest absolute Gasteiger partial charge is 0.497 e. The van der Waals surface area contributed by atoms with Crippen molar-refractivity contribution in [2.24, 2.45) is 0 Å². The molecule has 0 amide bonds. The minimum Gasteiger partial charge on any atom is -0.497 e. The molecule has 0 aliphatic carbocycles. The molecule has 4 rings (SSSR count). The molecule has 2 aliphatic heterocycles. The molecule has 36 heavy (non-hydrogen) atoms. The first-order valence-corrected chi connectivity index (χ1v) is 13.1. The first-order chi connectivity index (χ1) is 17.6. The van der Waals surface area contributed by atoms with E-state index < -0.39 is 0 Å². The highest BCUT2D eigenvalue weighted by molar-refractivity contribution is 5.59. The third-order valence-electron chi connectivity index (χ3n) is 7.35. The Morgan fingerprint density at radius 3 is 2.64 bits per heavy atom. The Morgan fingerprint density at radius 1 is 1.06 bits per heavy atom. The molecule has 0 radical (unpaired) electrons. The molecule has 7 heteroatoms. The van der Waals surface area contributed by atoms with E-state index in [-0.39, 0.29) is 18.3 Å². The second-order valence-electron chi connectivity index (χ2n) is 9.94. The molecule has 7 nitrogen and oxygen atoms in total. The summed E-state index contributed by atoms with van der Waals surface area (Å²) in [5.41, 5.74) is 3.48. The topological polar surface area (TPSA) is 70.2 Å². The fourth-order valence-corrected chi connectivity index (χ4v) is 5.19. The highest BCUT2D eigenvalue weighted by Gasteiger charge is 2.33. The first-order valence-electron chi connectivity index (χ1n) is 13.1. The maximum atomic E-state index is 6.54. The SMILES string of the molecule is COCCCC1CNc2cc(CO[C@H]3CN[C@@H](C[C@H](C)OC)C[C@@H]3c3ccc(OC)cc3)ccc2O1. The summed E-state index contributed by atoms with van der Waals surface area (Å²) in [5, 5.41) is 7.23. The van der Waals surface area contributed by atoms with E-state index in [4.69, 9.17) is 23.7 Å². The van der Waals surface area contributed by atoms with Gasteiger partial charge in [0.05, 0.1) is 38.2 Å². The zero-order valence-corrected chi connectivity index (χ0v) is 22.1. The van der Waals surface area contributed by atoms with Gasteiger partial charge in [-0.05, 0) is 68.0 Å². The van der Waals surface area contributed by atoms with Gasteiger partial charge >= 0.3 is 0 Å². The quantitative estimate of drug-likeness (QED) is 0.409. The van der Waals surface area contributed by atoms with Crippen LogP contribution in [0.3, 0.4) is 0 Å². The van der Waals surface area contributed by atoms with E-state index >= 15 is 0 Å². The van der Waals surface area contributed by atoms with E-state index in [1.165, 1.54) is 5.56 Å². The molecule has 2 aromatic rings. The number of fused-ring (bicyclic) bond motifs is 1. The fraction of sp³-hybridized carbons (Fsp3) is 0.586. The number of hydrogen-bond donors (Lipinski definition) is 2. The third kappa shape index (κ3) is 7.13. The lowest BCUT2D eigenvalue weighted by molar-refractivity contribution is -0.00284. The molecule has 2 aliphatic rings. The van der Waals surface area contributed by atoms with Crippen LogP contribution >= 0.6 is 0 Å². The Balaban J connectivity index is 1.39. The molecule has 1 unspecified atom stereocenters. The number of benzene rings is 2. The molecule has 198 valence electrons. The molecule has 2 N–H and O–H groups in total. The van der Waals surface area contributed by atoms with E-state index in [0.29, 0.717) is 18.6 Å². The van der Waals surface area contributed by atoms with Crippen molar-refractivity contribution in [3.05, 3.63) is 53.6 Å². The third-order valence-corrected chi connectivity index (χ3v) is 7.35. The van der Waals surface area contributed by atoms with Gasteiger partial charge in [-0.2, -0.15) is 0 Å². The standard InChI is InChI=1S/C29H42N2O5/c1-20(33-3)14-23-16-26(22-8-10-24(34-4)11-9-22)29(18-30-23)35-19-21-7-12-28-27(15-21)31-17-25(36-28)6-5-13-32-2/h7-12,15,20,23,25-26,29-31H,5-6,13-14,16-19H2,1-4H3/t20-,23-,25?,26+,29-/m0/s1. The Bertz CT molecular complexity index is 938. The maximum Gasteiger partial charge on any atom is 0.142 e. The average molecular weight is 499 g/mol. The lowest BCUT2D eigenvalue weighted by Crippen LogP contribution is -2.48. The van der Waals surface area contributed by atoms with Gasteiger partial charge in [-0.25, -0.2) is 0 Å². The van der Waals surface area contributed by atoms with Crippen molar-refractivity contribution in [3.63, 3.8) is 0 Å². The number of ether oxygens (including phenoxy) is 5. The van der Waals surface area contributed by atoms with Crippen LogP contribution in [0.25, 0.3) is 0 Å². The number of anilines is 1. The zero-order chi connectivity index (χ0) is 25.3. The van der Waals surface area contributed by atoms with E-state index in [9.17, 15) is 0 Å². The second-order valence-corrected chi connectivity index (χ2v) is 9.94. The molecule has 5 atom stereocenters. The van der Waals surface area contributed by atoms with E-state index in [1.54, 1.807) is 21.3 Å². The molecule has 0 spiro atoms. The molecular formula is C29H42N2O5. The molecule has 1 fully saturated rings. The summed E-state index contributed by atoms with van der Waals surface area (Å²) in [6.07, 6.45) is 4.46. The normalized spacial score (nSPS) is 24.3. The highest BCUT2D eigenvalue weighted by Crippen LogP contribution is 2.34. The Hall–Kier alpha value is -2.32. The number of piperidine rings is 1. The van der Waals surface area contributed by atoms with Gasteiger partial charge in [-0.1, -0.05) is 18.2 Å². The van der Waals surface area contributed by atoms with Crippen molar-refractivity contribution < 1.29 is 23.7 Å². The van der Waals surface area contributed by atoms with Crippen molar-refractivity contribution in [2.75, 3.05) is 46.3 Å². The van der Waals surface area contributed by atoms with E-state index in [1.807, 2.05) is 12.1 Å². The van der Waals surface area contributed by atoms with Gasteiger partial charge in [0.15, 0.2) is 0 Å². The van der Waals surface area contributed by atoms with Gasteiger partial charge in [0, 0.05) is 39.3 Å². The number of nitrogens with one attached hydrogen (secondary N) is 2. The zero-order valence-electron chi connectivity index (χ0n) is 22.1. The molecule has 2 aromatic carbocycles. The summed E-state index contributed by atoms with van der Waals surface area (Å²) in [4.78, 5) is 0. The molecular weight excluding hydrogens is 456 g/mol. The minimum atomic E-state index is 0.0814. The van der Waals surface area contributed by atoms with Crippen molar-refractivity contribution in [2.45, 2.75) is 69.5 Å². The van der Waals surface area contributed by atoms with Gasteiger partial charge in [0.2, 0.25) is 0 Å². The summed E-state index contributed by atoms with van der Waals surface area (Å²) in [7, 11) is 5.22. The van der Waals surface area contributed by atoms with Crippen LogP contribution < -0.4 is 20.1 Å². The van der Waals surface area contributed by atoms with Gasteiger partial charge in [0.25, 0.3) is 0 Å². The Morgan fingerprint density at radius 2 is 1.89 bits per heavy atom. The second kappa shape index (κ2) is 13.3. The number of methoxy groups -OCH3 is 3. The van der Waals surface area contributed by atoms with Gasteiger partial charge in [-0.15, -0.1) is 0 Å². The van der Waals surface area contributed by atoms with E-state index in [2.05, 4.69) is 47.9 Å². The Labute approximate surface area is 215 Å². The summed E-state index contributed by atoms with van der Waals surface area (Å²) in [6.45, 7) is 5.08. The van der Waals surface area contributed by atoms with Crippen LogP contribution in [0.1, 0.15) is 49.7 Å². The van der Waals surface area contributed by atoms with Gasteiger partial charge in [0.1, 0.15) is 17.6 Å². The van der Waals surface area contributed by atoms with Crippen molar-refractivity contribution >= 4 is 5.69 Å². The molecule has 0 aromatic heterocycles. The molecule has 0 bridgehead atoms. The minimum absolute atomic E-state index is 0.0814. The summed E-state index contributed by atoms with van der Waals surface area (Å²) < 4.78 is 28.8. The molecule has 2 heterocycles. The van der Waals surface area contributed by atoms with Crippen molar-refractivity contribution in [1.29, 1.82) is 0 Å². The first kappa shape index (κ1) is 26.7. The predicted octanol–water partition coefficient (Wildman–Crippen LogP) is 4.75. The van der Waals surface area contributed by atoms with Crippen molar-refractivity contribution in [1.82, 2.24) is 5.32 Å². The lowest BCUT2D eigenvalue weighted by Gasteiger charge is -2.38. The predicted molar refractivity (Wildman–Crippen MR) is 142 cm³/mol. The van der Waals surface area contributed by atoms with Crippen LogP contribution in [0.15, 0.2) is 42.5 Å². The molecule has 0 saturated carbocycles. The van der Waals surface area contributed by atoms with Crippen LogP contribution in [0.2, 0.25) is 0 Å². The lowest BCUT2D eigenvalue weighted by atomic mass is 9.82. The number of hydrogen-bond acceptors (Lipinski definition) is 7. The summed E-state index contributed by atoms with van der Waals surface area (Å²) in [6, 6.07) is 15.1. The smallest absolute Gasteiger partial charge is 0.142 e. The Kier molecular flexibility index (Phi) is 9.87. The van der Waals surface area contributed by atoms with Crippen LogP contribution in [0.4, 0.5) is 5.69 Å². The van der Waals surface area contributed by atoms with Crippen LogP contribution in [0, 0.1) is 0 Å². The summed E-state index contributed by atoms with van der Waals surface area (Å²) in [5.74, 6) is 2.09. The van der Waals surface area contributed by atoms with E-state index in [0.717, 1.165) is 68.1 Å². The fourth-order valence-electron chi connectivity index (χ4n) is 5.19. The van der Waals surface area contributed by atoms with Gasteiger partial charge < -0.3 is 34.3 Å². The average Bonchev–Trinajstić information content (AvgIpc) is 2.92.